The molecular formula is C20H22O4. The van der Waals surface area contributed by atoms with E-state index in [1.807, 2.05) is 36.4 Å². The number of Topliss-reactive ketones (excluding diaryl/α,β-unsaturated/α-hetero) is 1. The minimum Gasteiger partial charge on any atom is -0.464 e. The Kier molecular flexibility index (Phi) is 7.18. The lowest BCUT2D eigenvalue weighted by atomic mass is 10.1. The third-order valence-electron chi connectivity index (χ3n) is 3.53. The van der Waals surface area contributed by atoms with Crippen molar-refractivity contribution in [3.63, 3.8) is 0 Å². The molecule has 0 heterocycles. The fourth-order valence-electron chi connectivity index (χ4n) is 2.34. The molecule has 126 valence electrons. The van der Waals surface area contributed by atoms with Gasteiger partial charge in [-0.2, -0.15) is 0 Å². The van der Waals surface area contributed by atoms with Crippen molar-refractivity contribution < 1.29 is 19.1 Å². The molecule has 0 aliphatic rings. The number of hydrogen-bond acceptors (Lipinski definition) is 4. The first-order valence-electron chi connectivity index (χ1n) is 8.13. The maximum absolute atomic E-state index is 12.5. The van der Waals surface area contributed by atoms with E-state index in [0.717, 1.165) is 12.8 Å². The number of rotatable bonds is 9. The van der Waals surface area contributed by atoms with E-state index < -0.39 is 12.1 Å². The molecule has 0 aliphatic carbocycles. The molecule has 2 aromatic rings. The van der Waals surface area contributed by atoms with E-state index in [9.17, 15) is 9.59 Å². The third-order valence-corrected chi connectivity index (χ3v) is 3.53. The zero-order valence-corrected chi connectivity index (χ0v) is 13.8. The first-order valence-corrected chi connectivity index (χ1v) is 8.13. The van der Waals surface area contributed by atoms with E-state index in [0.29, 0.717) is 12.2 Å². The topological polar surface area (TPSA) is 52.6 Å². The summed E-state index contributed by atoms with van der Waals surface area (Å²) < 4.78 is 10.5. The Morgan fingerprint density at radius 1 is 0.958 bits per heavy atom. The van der Waals surface area contributed by atoms with Crippen LogP contribution in [0.4, 0.5) is 0 Å². The van der Waals surface area contributed by atoms with Gasteiger partial charge in [-0.1, -0.05) is 60.7 Å². The van der Waals surface area contributed by atoms with E-state index >= 15 is 0 Å². The van der Waals surface area contributed by atoms with Crippen molar-refractivity contribution in [2.24, 2.45) is 0 Å². The molecular weight excluding hydrogens is 304 g/mol. The van der Waals surface area contributed by atoms with Crippen molar-refractivity contribution in [1.82, 2.24) is 0 Å². The van der Waals surface area contributed by atoms with Gasteiger partial charge < -0.3 is 9.47 Å². The van der Waals surface area contributed by atoms with E-state index in [-0.39, 0.29) is 12.4 Å². The number of aryl methyl sites for hydroxylation is 1. The lowest BCUT2D eigenvalue weighted by Crippen LogP contribution is -2.35. The van der Waals surface area contributed by atoms with Gasteiger partial charge in [0.15, 0.2) is 0 Å². The van der Waals surface area contributed by atoms with Gasteiger partial charge in [0.1, 0.15) is 0 Å². The summed E-state index contributed by atoms with van der Waals surface area (Å²) in [5.41, 5.74) is 1.64. The molecule has 2 rings (SSSR count). The molecule has 0 bridgehead atoms. The number of ether oxygens (including phenoxy) is 2. The lowest BCUT2D eigenvalue weighted by Gasteiger charge is -2.15. The SMILES string of the molecule is CCOC(=O)C(OCCCc1ccccc1)C(=O)c1ccccc1. The Balaban J connectivity index is 1.93. The second-order valence-electron chi connectivity index (χ2n) is 5.32. The van der Waals surface area contributed by atoms with Gasteiger partial charge in [-0.05, 0) is 25.3 Å². The van der Waals surface area contributed by atoms with Gasteiger partial charge >= 0.3 is 5.97 Å². The minimum absolute atomic E-state index is 0.213. The summed E-state index contributed by atoms with van der Waals surface area (Å²) in [5.74, 6) is -1.00. The molecule has 0 amide bonds. The van der Waals surface area contributed by atoms with Gasteiger partial charge in [-0.3, -0.25) is 4.79 Å². The molecule has 2 aromatic carbocycles. The highest BCUT2D eigenvalue weighted by Crippen LogP contribution is 2.10. The molecule has 0 aliphatic heterocycles. The van der Waals surface area contributed by atoms with Gasteiger partial charge in [0.05, 0.1) is 6.61 Å². The summed E-state index contributed by atoms with van der Waals surface area (Å²) in [7, 11) is 0. The third kappa shape index (κ3) is 5.32. The summed E-state index contributed by atoms with van der Waals surface area (Å²) in [5, 5.41) is 0. The first-order chi connectivity index (χ1) is 11.7. The predicted octanol–water partition coefficient (Wildman–Crippen LogP) is 3.45. The number of hydrogen-bond donors (Lipinski definition) is 0. The minimum atomic E-state index is -1.21. The molecule has 0 radical (unpaired) electrons. The highest BCUT2D eigenvalue weighted by atomic mass is 16.6. The standard InChI is InChI=1S/C20H22O4/c1-2-23-20(22)19(18(21)17-13-7-4-8-14-17)24-15-9-12-16-10-5-3-6-11-16/h3-8,10-11,13-14,19H,2,9,12,15H2,1H3. The number of carbonyl (C=O) groups is 2. The zero-order chi connectivity index (χ0) is 17.2. The summed E-state index contributed by atoms with van der Waals surface area (Å²) in [6, 6.07) is 18.7. The molecule has 4 nitrogen and oxygen atoms in total. The van der Waals surface area contributed by atoms with Gasteiger partial charge in [0.2, 0.25) is 11.9 Å². The molecule has 0 aromatic heterocycles. The second kappa shape index (κ2) is 9.63. The predicted molar refractivity (Wildman–Crippen MR) is 91.9 cm³/mol. The van der Waals surface area contributed by atoms with Crippen LogP contribution in [0.15, 0.2) is 60.7 Å². The number of ketones is 1. The van der Waals surface area contributed by atoms with Crippen molar-refractivity contribution in [3.05, 3.63) is 71.8 Å². The Bertz CT molecular complexity index is 637. The molecule has 4 heteroatoms. The van der Waals surface area contributed by atoms with Crippen LogP contribution >= 0.6 is 0 Å². The molecule has 0 saturated heterocycles. The summed E-state index contributed by atoms with van der Waals surface area (Å²) in [4.78, 5) is 24.6. The molecule has 1 atom stereocenters. The average Bonchev–Trinajstić information content (AvgIpc) is 2.63. The zero-order valence-electron chi connectivity index (χ0n) is 13.8. The molecule has 0 spiro atoms. The van der Waals surface area contributed by atoms with Crippen LogP contribution in [0.1, 0.15) is 29.3 Å². The highest BCUT2D eigenvalue weighted by Gasteiger charge is 2.29. The smallest absolute Gasteiger partial charge is 0.343 e. The largest absolute Gasteiger partial charge is 0.464 e. The second-order valence-corrected chi connectivity index (χ2v) is 5.32. The van der Waals surface area contributed by atoms with Crippen molar-refractivity contribution in [3.8, 4) is 0 Å². The number of carbonyl (C=O) groups excluding carboxylic acids is 2. The van der Waals surface area contributed by atoms with Crippen LogP contribution in [0, 0.1) is 0 Å². The van der Waals surface area contributed by atoms with Crippen LogP contribution < -0.4 is 0 Å². The molecule has 24 heavy (non-hydrogen) atoms. The summed E-state index contributed by atoms with van der Waals surface area (Å²) >= 11 is 0. The number of benzene rings is 2. The van der Waals surface area contributed by atoms with Crippen molar-refractivity contribution in [2.45, 2.75) is 25.9 Å². The van der Waals surface area contributed by atoms with E-state index in [4.69, 9.17) is 9.47 Å². The highest BCUT2D eigenvalue weighted by molar-refractivity contribution is 6.11. The summed E-state index contributed by atoms with van der Waals surface area (Å²) in [6.07, 6.45) is 0.348. The maximum Gasteiger partial charge on any atom is 0.343 e. The maximum atomic E-state index is 12.5. The van der Waals surface area contributed by atoms with E-state index in [1.54, 1.807) is 31.2 Å². The van der Waals surface area contributed by atoms with Crippen LogP contribution in [-0.2, 0) is 20.7 Å². The quantitative estimate of drug-likeness (QED) is 0.306. The van der Waals surface area contributed by atoms with E-state index in [2.05, 4.69) is 0 Å². The molecule has 0 saturated carbocycles. The Hall–Kier alpha value is -2.46. The Morgan fingerprint density at radius 3 is 2.21 bits per heavy atom. The van der Waals surface area contributed by atoms with Gasteiger partial charge in [0, 0.05) is 12.2 Å². The van der Waals surface area contributed by atoms with Crippen molar-refractivity contribution in [1.29, 1.82) is 0 Å². The van der Waals surface area contributed by atoms with E-state index in [1.165, 1.54) is 5.56 Å². The average molecular weight is 326 g/mol. The van der Waals surface area contributed by atoms with Gasteiger partial charge in [-0.15, -0.1) is 0 Å². The molecule has 0 fully saturated rings. The molecule has 1 unspecified atom stereocenters. The summed E-state index contributed by atoms with van der Waals surface area (Å²) in [6.45, 7) is 2.24. The first kappa shape index (κ1) is 17.9. The fraction of sp³-hybridized carbons (Fsp3) is 0.300. The lowest BCUT2D eigenvalue weighted by molar-refractivity contribution is -0.153. The Labute approximate surface area is 142 Å². The van der Waals surface area contributed by atoms with Crippen LogP contribution in [0.5, 0.6) is 0 Å². The molecule has 0 N–H and O–H groups in total. The Morgan fingerprint density at radius 2 is 1.58 bits per heavy atom. The number of esters is 1. The van der Waals surface area contributed by atoms with Crippen molar-refractivity contribution >= 4 is 11.8 Å². The van der Waals surface area contributed by atoms with Gasteiger partial charge in [-0.25, -0.2) is 4.79 Å². The normalized spacial score (nSPS) is 11.7. The van der Waals surface area contributed by atoms with Crippen LogP contribution in [-0.4, -0.2) is 31.1 Å². The van der Waals surface area contributed by atoms with Crippen molar-refractivity contribution in [2.75, 3.05) is 13.2 Å². The van der Waals surface area contributed by atoms with Crippen LogP contribution in [0.3, 0.4) is 0 Å². The monoisotopic (exact) mass is 326 g/mol. The fourth-order valence-corrected chi connectivity index (χ4v) is 2.34. The van der Waals surface area contributed by atoms with Crippen LogP contribution in [0.2, 0.25) is 0 Å². The van der Waals surface area contributed by atoms with Crippen LogP contribution in [0.25, 0.3) is 0 Å². The van der Waals surface area contributed by atoms with Gasteiger partial charge in [0.25, 0.3) is 0 Å².